The Kier molecular flexibility index (Phi) is 6.44. The summed E-state index contributed by atoms with van der Waals surface area (Å²) < 4.78 is 16.5. The molecule has 166 valence electrons. The van der Waals surface area contributed by atoms with Crippen molar-refractivity contribution < 1.29 is 23.8 Å². The van der Waals surface area contributed by atoms with E-state index in [0.29, 0.717) is 30.2 Å². The summed E-state index contributed by atoms with van der Waals surface area (Å²) in [7, 11) is 1.72. The minimum atomic E-state index is -0.345. The Labute approximate surface area is 186 Å². The lowest BCUT2D eigenvalue weighted by atomic mass is 10.0. The van der Waals surface area contributed by atoms with E-state index in [9.17, 15) is 9.59 Å². The summed E-state index contributed by atoms with van der Waals surface area (Å²) in [6.45, 7) is 3.06. The minimum Gasteiger partial charge on any atom is -0.493 e. The molecule has 1 aliphatic rings. The van der Waals surface area contributed by atoms with E-state index in [4.69, 9.17) is 14.2 Å². The minimum absolute atomic E-state index is 0.111. The summed E-state index contributed by atoms with van der Waals surface area (Å²) in [6.07, 6.45) is 0.896. The molecule has 2 amide bonds. The average Bonchev–Trinajstić information content (AvgIpc) is 3.29. The fraction of sp³-hybridized carbons (Fsp3) is 0.280. The van der Waals surface area contributed by atoms with Gasteiger partial charge in [-0.05, 0) is 41.5 Å². The number of hydrogen-bond donors (Lipinski definition) is 1. The van der Waals surface area contributed by atoms with Gasteiger partial charge in [-0.25, -0.2) is 0 Å². The van der Waals surface area contributed by atoms with Crippen LogP contribution in [0.5, 0.6) is 17.2 Å². The van der Waals surface area contributed by atoms with Crippen LogP contribution in [-0.4, -0.2) is 43.7 Å². The van der Waals surface area contributed by atoms with Crippen molar-refractivity contribution in [1.29, 1.82) is 0 Å². The predicted octanol–water partition coefficient (Wildman–Crippen LogP) is 3.75. The first kappa shape index (κ1) is 21.5. The Morgan fingerprint density at radius 1 is 1.06 bits per heavy atom. The van der Waals surface area contributed by atoms with Crippen LogP contribution in [0.3, 0.4) is 0 Å². The molecule has 0 aromatic heterocycles. The van der Waals surface area contributed by atoms with Crippen LogP contribution in [0.4, 0.5) is 0 Å². The highest BCUT2D eigenvalue weighted by molar-refractivity contribution is 5.97. The molecular weight excluding hydrogens is 408 g/mol. The maximum Gasteiger partial charge on any atom is 0.251 e. The van der Waals surface area contributed by atoms with Crippen molar-refractivity contribution in [3.05, 3.63) is 65.7 Å². The van der Waals surface area contributed by atoms with Gasteiger partial charge in [0.2, 0.25) is 12.7 Å². The van der Waals surface area contributed by atoms with Gasteiger partial charge in [0, 0.05) is 24.7 Å². The fourth-order valence-corrected chi connectivity index (χ4v) is 3.58. The molecule has 0 spiro atoms. The Bertz CT molecular complexity index is 1140. The third kappa shape index (κ3) is 4.61. The molecule has 0 atom stereocenters. The molecule has 0 unspecified atom stereocenters. The first-order chi connectivity index (χ1) is 15.6. The Morgan fingerprint density at radius 3 is 2.72 bits per heavy atom. The third-order valence-electron chi connectivity index (χ3n) is 5.32. The molecule has 32 heavy (non-hydrogen) atoms. The number of hydrogen-bond acceptors (Lipinski definition) is 5. The number of carbonyl (C=O) groups excluding carboxylic acids is 2. The number of likely N-dealkylation sites (N-methyl/N-ethyl adjacent to an activating group) is 1. The fourth-order valence-electron chi connectivity index (χ4n) is 3.58. The number of amides is 2. The van der Waals surface area contributed by atoms with Crippen molar-refractivity contribution in [2.75, 3.05) is 27.0 Å². The van der Waals surface area contributed by atoms with Gasteiger partial charge in [-0.15, -0.1) is 0 Å². The smallest absolute Gasteiger partial charge is 0.251 e. The van der Waals surface area contributed by atoms with Crippen molar-refractivity contribution in [2.24, 2.45) is 0 Å². The van der Waals surface area contributed by atoms with Gasteiger partial charge in [-0.2, -0.15) is 0 Å². The Hall–Kier alpha value is -3.74. The second kappa shape index (κ2) is 9.60. The highest BCUT2D eigenvalue weighted by atomic mass is 16.7. The predicted molar refractivity (Wildman–Crippen MR) is 121 cm³/mol. The summed E-state index contributed by atoms with van der Waals surface area (Å²) in [6, 6.07) is 16.9. The van der Waals surface area contributed by atoms with Gasteiger partial charge < -0.3 is 24.4 Å². The van der Waals surface area contributed by atoms with Gasteiger partial charge in [0.1, 0.15) is 5.75 Å². The lowest BCUT2D eigenvalue weighted by Gasteiger charge is -2.21. The van der Waals surface area contributed by atoms with Crippen LogP contribution in [0, 0.1) is 0 Å². The summed E-state index contributed by atoms with van der Waals surface area (Å²) in [5.74, 6) is 1.36. The van der Waals surface area contributed by atoms with E-state index < -0.39 is 0 Å². The molecule has 0 bridgehead atoms. The number of rotatable bonds is 8. The summed E-state index contributed by atoms with van der Waals surface area (Å²) in [5, 5.41) is 4.82. The molecule has 7 heteroatoms. The molecule has 7 nitrogen and oxygen atoms in total. The van der Waals surface area contributed by atoms with Crippen LogP contribution in [0.15, 0.2) is 54.6 Å². The molecule has 0 saturated carbocycles. The van der Waals surface area contributed by atoms with Crippen molar-refractivity contribution in [2.45, 2.75) is 19.9 Å². The van der Waals surface area contributed by atoms with E-state index in [1.54, 1.807) is 30.1 Å². The van der Waals surface area contributed by atoms with E-state index in [0.717, 1.165) is 28.5 Å². The number of nitrogens with zero attached hydrogens (tertiary/aromatic N) is 1. The molecule has 3 aromatic carbocycles. The normalized spacial score (nSPS) is 11.9. The summed E-state index contributed by atoms with van der Waals surface area (Å²) in [5.41, 5.74) is 1.36. The monoisotopic (exact) mass is 434 g/mol. The van der Waals surface area contributed by atoms with E-state index >= 15 is 0 Å². The van der Waals surface area contributed by atoms with Crippen LogP contribution < -0.4 is 19.5 Å². The summed E-state index contributed by atoms with van der Waals surface area (Å²) >= 11 is 0. The molecule has 0 fully saturated rings. The number of fused-ring (bicyclic) bond motifs is 2. The van der Waals surface area contributed by atoms with Gasteiger partial charge in [0.15, 0.2) is 11.5 Å². The second-order valence-electron chi connectivity index (χ2n) is 7.61. The van der Waals surface area contributed by atoms with E-state index in [1.165, 1.54) is 0 Å². The zero-order valence-corrected chi connectivity index (χ0v) is 18.2. The van der Waals surface area contributed by atoms with Gasteiger partial charge in [0.25, 0.3) is 5.91 Å². The number of nitrogens with one attached hydrogen (secondary N) is 1. The molecule has 1 heterocycles. The van der Waals surface area contributed by atoms with Crippen LogP contribution >= 0.6 is 0 Å². The molecule has 0 aliphatic carbocycles. The SMILES string of the molecule is CCCOc1ccc2ccccc2c1CN(C)C(=O)CNC(=O)c1ccc2c(c1)OCO2. The zero-order valence-electron chi connectivity index (χ0n) is 18.2. The Morgan fingerprint density at radius 2 is 1.88 bits per heavy atom. The van der Waals surface area contributed by atoms with E-state index in [1.807, 2.05) is 36.4 Å². The number of carbonyl (C=O) groups is 2. The average molecular weight is 434 g/mol. The van der Waals surface area contributed by atoms with Crippen LogP contribution in [-0.2, 0) is 11.3 Å². The molecule has 0 saturated heterocycles. The lowest BCUT2D eigenvalue weighted by Crippen LogP contribution is -2.37. The molecular formula is C25H26N2O5. The van der Waals surface area contributed by atoms with Crippen molar-refractivity contribution in [1.82, 2.24) is 10.2 Å². The maximum absolute atomic E-state index is 12.8. The van der Waals surface area contributed by atoms with Gasteiger partial charge >= 0.3 is 0 Å². The second-order valence-corrected chi connectivity index (χ2v) is 7.61. The topological polar surface area (TPSA) is 77.1 Å². The van der Waals surface area contributed by atoms with Crippen LogP contribution in [0.25, 0.3) is 10.8 Å². The van der Waals surface area contributed by atoms with Crippen molar-refractivity contribution >= 4 is 22.6 Å². The van der Waals surface area contributed by atoms with Crippen molar-refractivity contribution in [3.63, 3.8) is 0 Å². The van der Waals surface area contributed by atoms with Gasteiger partial charge in [-0.1, -0.05) is 37.3 Å². The standard InChI is InChI=1S/C25H26N2O5/c1-3-12-30-21-10-8-17-6-4-5-7-19(17)20(21)15-27(2)24(28)14-26-25(29)18-9-11-22-23(13-18)32-16-31-22/h4-11,13H,3,12,14-16H2,1-2H3,(H,26,29). The molecule has 0 radical (unpaired) electrons. The van der Waals surface area contributed by atoms with E-state index in [2.05, 4.69) is 12.2 Å². The maximum atomic E-state index is 12.8. The quantitative estimate of drug-likeness (QED) is 0.584. The highest BCUT2D eigenvalue weighted by Gasteiger charge is 2.19. The van der Waals surface area contributed by atoms with Crippen molar-refractivity contribution in [3.8, 4) is 17.2 Å². The van der Waals surface area contributed by atoms with Crippen LogP contribution in [0.2, 0.25) is 0 Å². The summed E-state index contributed by atoms with van der Waals surface area (Å²) in [4.78, 5) is 26.8. The first-order valence-electron chi connectivity index (χ1n) is 10.6. The first-order valence-corrected chi connectivity index (χ1v) is 10.6. The van der Waals surface area contributed by atoms with Gasteiger partial charge in [0.05, 0.1) is 13.2 Å². The third-order valence-corrected chi connectivity index (χ3v) is 5.32. The number of ether oxygens (including phenoxy) is 3. The molecule has 4 rings (SSSR count). The Balaban J connectivity index is 1.43. The highest BCUT2D eigenvalue weighted by Crippen LogP contribution is 2.32. The molecule has 3 aromatic rings. The largest absolute Gasteiger partial charge is 0.493 e. The van der Waals surface area contributed by atoms with Crippen LogP contribution in [0.1, 0.15) is 29.3 Å². The zero-order chi connectivity index (χ0) is 22.5. The van der Waals surface area contributed by atoms with Gasteiger partial charge in [-0.3, -0.25) is 9.59 Å². The lowest BCUT2D eigenvalue weighted by molar-refractivity contribution is -0.129. The number of benzene rings is 3. The molecule has 1 N–H and O–H groups in total. The molecule has 1 aliphatic heterocycles. The van der Waals surface area contributed by atoms with E-state index in [-0.39, 0.29) is 25.2 Å².